The number of alkyl halides is 3. The summed E-state index contributed by atoms with van der Waals surface area (Å²) in [5, 5.41) is 9.66. The standard InChI is InChI=1S/C22H25F3O4/c1-3-4-5-20(21(26)27)17-12-16(13-19(14-17)29-11-10-28-2)15-6-8-18(9-7-15)22(23,24)25/h6-9,12-14,20H,3-5,10-11H2,1-2H3,(H,26,27). The average molecular weight is 410 g/mol. The molecule has 0 saturated heterocycles. The van der Waals surface area contributed by atoms with Gasteiger partial charge in [0.2, 0.25) is 0 Å². The van der Waals surface area contributed by atoms with Crippen molar-refractivity contribution in [2.45, 2.75) is 38.3 Å². The smallest absolute Gasteiger partial charge is 0.416 e. The summed E-state index contributed by atoms with van der Waals surface area (Å²) in [7, 11) is 1.54. The molecule has 7 heteroatoms. The van der Waals surface area contributed by atoms with Gasteiger partial charge in [-0.05, 0) is 47.4 Å². The molecule has 0 heterocycles. The summed E-state index contributed by atoms with van der Waals surface area (Å²) >= 11 is 0. The van der Waals surface area contributed by atoms with E-state index in [-0.39, 0.29) is 6.61 Å². The van der Waals surface area contributed by atoms with Gasteiger partial charge in [-0.1, -0.05) is 38.0 Å². The Kier molecular flexibility index (Phi) is 8.08. The predicted octanol–water partition coefficient (Wildman–Crippen LogP) is 5.76. The molecular formula is C22H25F3O4. The van der Waals surface area contributed by atoms with E-state index >= 15 is 0 Å². The number of hydrogen-bond acceptors (Lipinski definition) is 3. The second kappa shape index (κ2) is 10.3. The van der Waals surface area contributed by atoms with Crippen LogP contribution in [0, 0.1) is 0 Å². The number of hydrogen-bond donors (Lipinski definition) is 1. The molecule has 0 bridgehead atoms. The highest BCUT2D eigenvalue weighted by Crippen LogP contribution is 2.34. The number of methoxy groups -OCH3 is 1. The summed E-state index contributed by atoms with van der Waals surface area (Å²) in [5.74, 6) is -1.20. The molecule has 0 aliphatic carbocycles. The Morgan fingerprint density at radius 2 is 1.76 bits per heavy atom. The van der Waals surface area contributed by atoms with Crippen LogP contribution in [0.4, 0.5) is 13.2 Å². The molecular weight excluding hydrogens is 385 g/mol. The highest BCUT2D eigenvalue weighted by atomic mass is 19.4. The lowest BCUT2D eigenvalue weighted by Crippen LogP contribution is -2.12. The van der Waals surface area contributed by atoms with Crippen molar-refractivity contribution in [1.29, 1.82) is 0 Å². The summed E-state index contributed by atoms with van der Waals surface area (Å²) in [5.41, 5.74) is 0.985. The third kappa shape index (κ3) is 6.49. The minimum Gasteiger partial charge on any atom is -0.491 e. The number of carboxylic acid groups (broad SMARTS) is 1. The Bertz CT molecular complexity index is 801. The first-order chi connectivity index (χ1) is 13.8. The van der Waals surface area contributed by atoms with Gasteiger partial charge in [0.05, 0.1) is 18.1 Å². The van der Waals surface area contributed by atoms with Crippen molar-refractivity contribution in [1.82, 2.24) is 0 Å². The number of unbranched alkanes of at least 4 members (excludes halogenated alkanes) is 1. The van der Waals surface area contributed by atoms with Crippen molar-refractivity contribution in [3.05, 3.63) is 53.6 Å². The van der Waals surface area contributed by atoms with Crippen LogP contribution in [0.5, 0.6) is 5.75 Å². The summed E-state index contributed by atoms with van der Waals surface area (Å²) in [6.07, 6.45) is -2.33. The molecule has 0 radical (unpaired) electrons. The van der Waals surface area contributed by atoms with E-state index in [0.717, 1.165) is 25.0 Å². The maximum absolute atomic E-state index is 12.8. The molecule has 0 saturated carbocycles. The fraction of sp³-hybridized carbons (Fsp3) is 0.409. The van der Waals surface area contributed by atoms with Crippen LogP contribution in [-0.2, 0) is 15.7 Å². The monoisotopic (exact) mass is 410 g/mol. The van der Waals surface area contributed by atoms with Gasteiger partial charge in [-0.3, -0.25) is 4.79 Å². The molecule has 1 atom stereocenters. The molecule has 1 unspecified atom stereocenters. The Labute approximate surface area is 168 Å². The normalized spacial score (nSPS) is 12.6. The molecule has 0 aromatic heterocycles. The second-order valence-corrected chi connectivity index (χ2v) is 6.74. The topological polar surface area (TPSA) is 55.8 Å². The molecule has 0 aliphatic heterocycles. The van der Waals surface area contributed by atoms with E-state index < -0.39 is 23.6 Å². The fourth-order valence-electron chi connectivity index (χ4n) is 3.01. The fourth-order valence-corrected chi connectivity index (χ4v) is 3.01. The van der Waals surface area contributed by atoms with Gasteiger partial charge in [0, 0.05) is 7.11 Å². The van der Waals surface area contributed by atoms with Crippen molar-refractivity contribution >= 4 is 5.97 Å². The lowest BCUT2D eigenvalue weighted by atomic mass is 9.90. The Morgan fingerprint density at radius 1 is 1.07 bits per heavy atom. The number of rotatable bonds is 10. The van der Waals surface area contributed by atoms with Gasteiger partial charge in [-0.2, -0.15) is 13.2 Å². The SMILES string of the molecule is CCCCC(C(=O)O)c1cc(OCCOC)cc(-c2ccc(C(F)(F)F)cc2)c1. The van der Waals surface area contributed by atoms with Crippen LogP contribution in [0.1, 0.15) is 43.2 Å². The summed E-state index contributed by atoms with van der Waals surface area (Å²) in [6, 6.07) is 9.86. The molecule has 2 aromatic carbocycles. The van der Waals surface area contributed by atoms with Gasteiger partial charge < -0.3 is 14.6 Å². The first kappa shape index (κ1) is 22.7. The molecule has 0 fully saturated rings. The molecule has 0 spiro atoms. The number of aliphatic carboxylic acids is 1. The maximum Gasteiger partial charge on any atom is 0.416 e. The number of carboxylic acids is 1. The molecule has 0 aliphatic rings. The van der Waals surface area contributed by atoms with Crippen molar-refractivity contribution in [3.63, 3.8) is 0 Å². The van der Waals surface area contributed by atoms with Crippen molar-refractivity contribution in [2.24, 2.45) is 0 Å². The zero-order valence-electron chi connectivity index (χ0n) is 16.5. The number of ether oxygens (including phenoxy) is 2. The van der Waals surface area contributed by atoms with Gasteiger partial charge in [0.1, 0.15) is 12.4 Å². The van der Waals surface area contributed by atoms with Crippen molar-refractivity contribution in [2.75, 3.05) is 20.3 Å². The van der Waals surface area contributed by atoms with Gasteiger partial charge in [0.25, 0.3) is 0 Å². The lowest BCUT2D eigenvalue weighted by molar-refractivity contribution is -0.139. The van der Waals surface area contributed by atoms with Gasteiger partial charge in [-0.25, -0.2) is 0 Å². The minimum absolute atomic E-state index is 0.277. The van der Waals surface area contributed by atoms with E-state index in [1.54, 1.807) is 25.3 Å². The first-order valence-corrected chi connectivity index (χ1v) is 9.43. The lowest BCUT2D eigenvalue weighted by Gasteiger charge is -2.17. The molecule has 0 amide bonds. The highest BCUT2D eigenvalue weighted by molar-refractivity contribution is 5.78. The third-order valence-electron chi connectivity index (χ3n) is 4.58. The van der Waals surface area contributed by atoms with E-state index in [0.29, 0.717) is 35.5 Å². The average Bonchev–Trinajstić information content (AvgIpc) is 2.67. The van der Waals surface area contributed by atoms with Gasteiger partial charge >= 0.3 is 12.1 Å². The van der Waals surface area contributed by atoms with E-state index in [9.17, 15) is 23.1 Å². The van der Waals surface area contributed by atoms with E-state index in [4.69, 9.17) is 9.47 Å². The Balaban J connectivity index is 2.44. The van der Waals surface area contributed by atoms with Crippen molar-refractivity contribution < 1.29 is 32.5 Å². The Morgan fingerprint density at radius 3 is 2.31 bits per heavy atom. The third-order valence-corrected chi connectivity index (χ3v) is 4.58. The number of benzene rings is 2. The van der Waals surface area contributed by atoms with Gasteiger partial charge in [-0.15, -0.1) is 0 Å². The van der Waals surface area contributed by atoms with Crippen molar-refractivity contribution in [3.8, 4) is 16.9 Å². The van der Waals surface area contributed by atoms with Crippen LogP contribution in [0.25, 0.3) is 11.1 Å². The van der Waals surface area contributed by atoms with Crippen LogP contribution in [0.2, 0.25) is 0 Å². The molecule has 158 valence electrons. The molecule has 1 N–H and O–H groups in total. The van der Waals surface area contributed by atoms with Crippen LogP contribution in [-0.4, -0.2) is 31.4 Å². The van der Waals surface area contributed by atoms with Gasteiger partial charge in [0.15, 0.2) is 0 Å². The van der Waals surface area contributed by atoms with E-state index in [1.807, 2.05) is 6.92 Å². The molecule has 29 heavy (non-hydrogen) atoms. The van der Waals surface area contributed by atoms with E-state index in [2.05, 4.69) is 0 Å². The first-order valence-electron chi connectivity index (χ1n) is 9.43. The van der Waals surface area contributed by atoms with E-state index in [1.165, 1.54) is 12.1 Å². The highest BCUT2D eigenvalue weighted by Gasteiger charge is 2.30. The largest absolute Gasteiger partial charge is 0.491 e. The molecule has 4 nitrogen and oxygen atoms in total. The summed E-state index contributed by atoms with van der Waals surface area (Å²) in [6.45, 7) is 2.62. The van der Waals surface area contributed by atoms with Crippen LogP contribution >= 0.6 is 0 Å². The summed E-state index contributed by atoms with van der Waals surface area (Å²) < 4.78 is 49.1. The second-order valence-electron chi connectivity index (χ2n) is 6.74. The Hall–Kier alpha value is -2.54. The quantitative estimate of drug-likeness (QED) is 0.506. The van der Waals surface area contributed by atoms with Crippen LogP contribution in [0.15, 0.2) is 42.5 Å². The molecule has 2 aromatic rings. The molecule has 2 rings (SSSR count). The number of carbonyl (C=O) groups is 1. The zero-order chi connectivity index (χ0) is 21.4. The summed E-state index contributed by atoms with van der Waals surface area (Å²) in [4.78, 5) is 11.8. The van der Waals surface area contributed by atoms with Crippen LogP contribution in [0.3, 0.4) is 0 Å². The maximum atomic E-state index is 12.8. The predicted molar refractivity (Wildman–Crippen MR) is 104 cm³/mol. The number of halogens is 3. The zero-order valence-corrected chi connectivity index (χ0v) is 16.5. The minimum atomic E-state index is -4.41. The van der Waals surface area contributed by atoms with Crippen LogP contribution < -0.4 is 4.74 Å².